The van der Waals surface area contributed by atoms with Gasteiger partial charge in [0.15, 0.2) is 0 Å². The van der Waals surface area contributed by atoms with Gasteiger partial charge in [0.1, 0.15) is 5.82 Å². The third-order valence-electron chi connectivity index (χ3n) is 4.87. The van der Waals surface area contributed by atoms with Gasteiger partial charge in [-0.15, -0.1) is 0 Å². The normalized spacial score (nSPS) is 12.4. The maximum Gasteiger partial charge on any atom is 0.123 e. The van der Waals surface area contributed by atoms with E-state index >= 15 is 0 Å². The third kappa shape index (κ3) is 12.1. The van der Waals surface area contributed by atoms with Crippen molar-refractivity contribution in [2.75, 3.05) is 13.1 Å². The molecule has 0 aliphatic heterocycles. The summed E-state index contributed by atoms with van der Waals surface area (Å²) in [7, 11) is 0. The summed E-state index contributed by atoms with van der Waals surface area (Å²) in [4.78, 5) is 0. The van der Waals surface area contributed by atoms with Crippen LogP contribution in [0.15, 0.2) is 24.3 Å². The molecule has 0 radical (unpaired) electrons. The van der Waals surface area contributed by atoms with Gasteiger partial charge in [-0.1, -0.05) is 76.8 Å². The molecule has 0 amide bonds. The highest BCUT2D eigenvalue weighted by molar-refractivity contribution is 5.19. The summed E-state index contributed by atoms with van der Waals surface area (Å²) >= 11 is 0. The molecule has 0 aliphatic rings. The highest BCUT2D eigenvalue weighted by Gasteiger charge is 2.05. The fourth-order valence-electron chi connectivity index (χ4n) is 3.19. The Morgan fingerprint density at radius 1 is 0.800 bits per heavy atom. The van der Waals surface area contributed by atoms with Gasteiger partial charge in [0.05, 0.1) is 0 Å². The van der Waals surface area contributed by atoms with Gasteiger partial charge in [-0.3, -0.25) is 0 Å². The average Bonchev–Trinajstić information content (AvgIpc) is 2.62. The minimum atomic E-state index is -0.200. The zero-order valence-corrected chi connectivity index (χ0v) is 16.2. The van der Waals surface area contributed by atoms with Crippen molar-refractivity contribution in [2.24, 2.45) is 5.73 Å². The monoisotopic (exact) mass is 350 g/mol. The maximum absolute atomic E-state index is 12.9. The SMILES string of the molecule is CCCCCCCCCCCCNCCCC(N)c1ccc(F)cc1. The van der Waals surface area contributed by atoms with Gasteiger partial charge in [0.2, 0.25) is 0 Å². The van der Waals surface area contributed by atoms with Crippen LogP contribution < -0.4 is 11.1 Å². The fraction of sp³-hybridized carbons (Fsp3) is 0.727. The van der Waals surface area contributed by atoms with Gasteiger partial charge in [-0.25, -0.2) is 4.39 Å². The van der Waals surface area contributed by atoms with Crippen LogP contribution in [0, 0.1) is 5.82 Å². The molecule has 3 heteroatoms. The summed E-state index contributed by atoms with van der Waals surface area (Å²) in [6, 6.07) is 6.56. The van der Waals surface area contributed by atoms with Crippen molar-refractivity contribution < 1.29 is 4.39 Å². The van der Waals surface area contributed by atoms with Crippen LogP contribution in [-0.4, -0.2) is 13.1 Å². The second kappa shape index (κ2) is 15.3. The van der Waals surface area contributed by atoms with E-state index in [1.807, 2.05) is 0 Å². The predicted octanol–water partition coefficient (Wildman–Crippen LogP) is 6.12. The average molecular weight is 351 g/mol. The zero-order chi connectivity index (χ0) is 18.2. The molecule has 0 heterocycles. The van der Waals surface area contributed by atoms with Crippen molar-refractivity contribution in [1.29, 1.82) is 0 Å². The first-order valence-electron chi connectivity index (χ1n) is 10.5. The molecular weight excluding hydrogens is 311 g/mol. The summed E-state index contributed by atoms with van der Waals surface area (Å²) in [5.41, 5.74) is 7.17. The second-order valence-corrected chi connectivity index (χ2v) is 7.23. The van der Waals surface area contributed by atoms with Crippen molar-refractivity contribution in [2.45, 2.75) is 90.0 Å². The van der Waals surface area contributed by atoms with E-state index in [0.29, 0.717) is 0 Å². The molecule has 25 heavy (non-hydrogen) atoms. The van der Waals surface area contributed by atoms with E-state index in [9.17, 15) is 4.39 Å². The standard InChI is InChI=1S/C22H39FN2/c1-2-3-4-5-6-7-8-9-10-11-18-25-19-12-13-22(24)20-14-16-21(23)17-15-20/h14-17,22,25H,2-13,18-19,24H2,1H3. The summed E-state index contributed by atoms with van der Waals surface area (Å²) in [5, 5.41) is 3.51. The number of halogens is 1. The molecule has 0 aromatic heterocycles. The quantitative estimate of drug-likeness (QED) is 0.353. The van der Waals surface area contributed by atoms with Crippen LogP contribution in [0.1, 0.15) is 95.6 Å². The van der Waals surface area contributed by atoms with Gasteiger partial charge in [0.25, 0.3) is 0 Å². The molecule has 0 saturated heterocycles. The lowest BCUT2D eigenvalue weighted by Gasteiger charge is -2.12. The molecule has 1 unspecified atom stereocenters. The fourth-order valence-corrected chi connectivity index (χ4v) is 3.19. The number of nitrogens with one attached hydrogen (secondary N) is 1. The molecule has 0 aliphatic carbocycles. The number of unbranched alkanes of at least 4 members (excludes halogenated alkanes) is 9. The molecule has 2 nitrogen and oxygen atoms in total. The summed E-state index contributed by atoms with van der Waals surface area (Å²) < 4.78 is 12.9. The second-order valence-electron chi connectivity index (χ2n) is 7.23. The van der Waals surface area contributed by atoms with E-state index in [1.165, 1.54) is 76.3 Å². The smallest absolute Gasteiger partial charge is 0.123 e. The third-order valence-corrected chi connectivity index (χ3v) is 4.87. The van der Waals surface area contributed by atoms with Crippen molar-refractivity contribution in [3.63, 3.8) is 0 Å². The lowest BCUT2D eigenvalue weighted by atomic mass is 10.0. The van der Waals surface area contributed by atoms with Gasteiger partial charge >= 0.3 is 0 Å². The highest BCUT2D eigenvalue weighted by atomic mass is 19.1. The summed E-state index contributed by atoms with van der Waals surface area (Å²) in [6.07, 6.45) is 15.8. The van der Waals surface area contributed by atoms with Crippen molar-refractivity contribution in [3.05, 3.63) is 35.6 Å². The van der Waals surface area contributed by atoms with Crippen LogP contribution in [0.3, 0.4) is 0 Å². The van der Waals surface area contributed by atoms with Gasteiger partial charge in [0, 0.05) is 6.04 Å². The van der Waals surface area contributed by atoms with E-state index in [-0.39, 0.29) is 11.9 Å². The Hall–Kier alpha value is -0.930. The number of hydrogen-bond acceptors (Lipinski definition) is 2. The number of rotatable bonds is 16. The molecule has 3 N–H and O–H groups in total. The van der Waals surface area contributed by atoms with Crippen LogP contribution in [0.4, 0.5) is 4.39 Å². The minimum Gasteiger partial charge on any atom is -0.324 e. The summed E-state index contributed by atoms with van der Waals surface area (Å²) in [6.45, 7) is 4.41. The molecule has 1 atom stereocenters. The highest BCUT2D eigenvalue weighted by Crippen LogP contribution is 2.15. The Kier molecular flexibility index (Phi) is 13.6. The van der Waals surface area contributed by atoms with E-state index in [2.05, 4.69) is 12.2 Å². The Labute approximate surface area is 154 Å². The number of hydrogen-bond donors (Lipinski definition) is 2. The first-order chi connectivity index (χ1) is 12.2. The van der Waals surface area contributed by atoms with E-state index in [4.69, 9.17) is 5.73 Å². The van der Waals surface area contributed by atoms with Gasteiger partial charge in [-0.05, 0) is 50.0 Å². The molecule has 144 valence electrons. The topological polar surface area (TPSA) is 38.0 Å². The van der Waals surface area contributed by atoms with Crippen molar-refractivity contribution in [1.82, 2.24) is 5.32 Å². The lowest BCUT2D eigenvalue weighted by Crippen LogP contribution is -2.19. The molecular formula is C22H39FN2. The Morgan fingerprint density at radius 2 is 1.32 bits per heavy atom. The molecule has 1 aromatic carbocycles. The van der Waals surface area contributed by atoms with E-state index < -0.39 is 0 Å². The largest absolute Gasteiger partial charge is 0.324 e. The van der Waals surface area contributed by atoms with E-state index in [0.717, 1.165) is 31.5 Å². The summed E-state index contributed by atoms with van der Waals surface area (Å²) in [5.74, 6) is -0.200. The van der Waals surface area contributed by atoms with E-state index in [1.54, 1.807) is 12.1 Å². The zero-order valence-electron chi connectivity index (χ0n) is 16.2. The van der Waals surface area contributed by atoms with Gasteiger partial charge in [-0.2, -0.15) is 0 Å². The van der Waals surface area contributed by atoms with Crippen LogP contribution in [0.5, 0.6) is 0 Å². The lowest BCUT2D eigenvalue weighted by molar-refractivity contribution is 0.528. The van der Waals surface area contributed by atoms with Crippen LogP contribution in [0.2, 0.25) is 0 Å². The molecule has 0 fully saturated rings. The first kappa shape index (κ1) is 22.1. The van der Waals surface area contributed by atoms with Crippen LogP contribution in [0.25, 0.3) is 0 Å². The van der Waals surface area contributed by atoms with Crippen molar-refractivity contribution >= 4 is 0 Å². The van der Waals surface area contributed by atoms with Crippen LogP contribution >= 0.6 is 0 Å². The number of benzene rings is 1. The predicted molar refractivity (Wildman–Crippen MR) is 107 cm³/mol. The van der Waals surface area contributed by atoms with Crippen LogP contribution in [-0.2, 0) is 0 Å². The molecule has 0 spiro atoms. The van der Waals surface area contributed by atoms with Crippen molar-refractivity contribution in [3.8, 4) is 0 Å². The molecule has 1 aromatic rings. The number of nitrogens with two attached hydrogens (primary N) is 1. The molecule has 0 bridgehead atoms. The Balaban J connectivity index is 1.83. The minimum absolute atomic E-state index is 0.0136. The molecule has 1 rings (SSSR count). The Bertz CT molecular complexity index is 405. The maximum atomic E-state index is 12.9. The first-order valence-corrected chi connectivity index (χ1v) is 10.5. The van der Waals surface area contributed by atoms with Gasteiger partial charge < -0.3 is 11.1 Å². The molecule has 0 saturated carbocycles. The Morgan fingerprint density at radius 3 is 1.92 bits per heavy atom.